The highest BCUT2D eigenvalue weighted by Crippen LogP contribution is 2.36. The fourth-order valence-electron chi connectivity index (χ4n) is 5.82. The van der Waals surface area contributed by atoms with Gasteiger partial charge in [0.05, 0.1) is 35.2 Å². The summed E-state index contributed by atoms with van der Waals surface area (Å²) in [6, 6.07) is 14.1. The van der Waals surface area contributed by atoms with Gasteiger partial charge in [0.1, 0.15) is 5.75 Å². The number of alkyl halides is 3. The van der Waals surface area contributed by atoms with E-state index in [9.17, 15) is 22.8 Å². The zero-order chi connectivity index (χ0) is 31.6. The molecule has 1 aromatic heterocycles. The van der Waals surface area contributed by atoms with Crippen LogP contribution in [0.2, 0.25) is 5.02 Å². The third kappa shape index (κ3) is 6.63. The lowest BCUT2D eigenvalue weighted by atomic mass is 10.0. The molecule has 0 aliphatic carbocycles. The van der Waals surface area contributed by atoms with Crippen LogP contribution in [0.4, 0.5) is 18.9 Å². The molecule has 1 N–H and O–H groups in total. The van der Waals surface area contributed by atoms with Crippen LogP contribution in [-0.4, -0.2) is 85.1 Å². The maximum absolute atomic E-state index is 13.8. The van der Waals surface area contributed by atoms with Gasteiger partial charge in [-0.15, -0.1) is 0 Å². The van der Waals surface area contributed by atoms with Crippen molar-refractivity contribution in [1.82, 2.24) is 20.1 Å². The number of amides is 2. The van der Waals surface area contributed by atoms with E-state index in [1.807, 2.05) is 62.2 Å². The van der Waals surface area contributed by atoms with E-state index in [0.29, 0.717) is 36.7 Å². The molecule has 44 heavy (non-hydrogen) atoms. The molecule has 2 fully saturated rings. The van der Waals surface area contributed by atoms with E-state index in [2.05, 4.69) is 10.2 Å². The molecular formula is C32H35ClF3N5O3. The zero-order valence-corrected chi connectivity index (χ0v) is 25.6. The number of nitrogens with zero attached hydrogens (tertiary/aromatic N) is 4. The van der Waals surface area contributed by atoms with Crippen molar-refractivity contribution in [3.05, 3.63) is 76.4 Å². The summed E-state index contributed by atoms with van der Waals surface area (Å²) >= 11 is 5.83. The summed E-state index contributed by atoms with van der Waals surface area (Å²) in [7, 11) is 1.98. The van der Waals surface area contributed by atoms with Gasteiger partial charge in [-0.1, -0.05) is 30.7 Å². The Bertz CT molecular complexity index is 1530. The van der Waals surface area contributed by atoms with Crippen molar-refractivity contribution in [3.8, 4) is 17.0 Å². The second kappa shape index (κ2) is 13.0. The number of nitrogens with one attached hydrogen (secondary N) is 1. The summed E-state index contributed by atoms with van der Waals surface area (Å²) in [6.45, 7) is 6.43. The Labute approximate surface area is 259 Å². The van der Waals surface area contributed by atoms with Crippen molar-refractivity contribution in [2.75, 3.05) is 51.3 Å². The summed E-state index contributed by atoms with van der Waals surface area (Å²) in [6.07, 6.45) is -4.15. The minimum atomic E-state index is -4.73. The van der Waals surface area contributed by atoms with Gasteiger partial charge in [0.15, 0.2) is 5.69 Å². The maximum atomic E-state index is 13.8. The summed E-state index contributed by atoms with van der Waals surface area (Å²) < 4.78 is 47.1. The van der Waals surface area contributed by atoms with Gasteiger partial charge in [0.25, 0.3) is 11.8 Å². The standard InChI is InChI=1S/C32H35ClF3N5O3/c1-4-22-19-40(31(43)23-11-10-20(33)16-25(23)32(34,35)36)14-15-41(22)27-13-12-26(24-8-6-7-9-28(24)44-5-2)38-29(27)30(42)37-21-17-39(3)18-21/h6-13,16,21-22H,4-5,14-15,17-19H2,1-3H3,(H,37,42)/t22-/m1/s1. The molecule has 2 aliphatic heterocycles. The van der Waals surface area contributed by atoms with E-state index in [1.165, 1.54) is 11.0 Å². The van der Waals surface area contributed by atoms with E-state index in [0.717, 1.165) is 30.8 Å². The lowest BCUT2D eigenvalue weighted by molar-refractivity contribution is -0.138. The predicted octanol–water partition coefficient (Wildman–Crippen LogP) is 5.60. The van der Waals surface area contributed by atoms with Gasteiger partial charge in [0.2, 0.25) is 0 Å². The molecule has 0 unspecified atom stereocenters. The number of likely N-dealkylation sites (tertiary alicyclic amines) is 1. The molecule has 5 rings (SSSR count). The number of para-hydroxylation sites is 1. The molecule has 12 heteroatoms. The van der Waals surface area contributed by atoms with Crippen molar-refractivity contribution in [3.63, 3.8) is 0 Å². The van der Waals surface area contributed by atoms with Crippen molar-refractivity contribution < 1.29 is 27.5 Å². The number of hydrogen-bond acceptors (Lipinski definition) is 6. The van der Waals surface area contributed by atoms with E-state index < -0.39 is 23.2 Å². The SMILES string of the molecule is CCOc1ccccc1-c1ccc(N2CCN(C(=O)c3ccc(Cl)cc3C(F)(F)F)C[C@H]2CC)c(C(=O)NC2CN(C)C2)n1. The molecule has 234 valence electrons. The molecular weight excluding hydrogens is 595 g/mol. The number of likely N-dealkylation sites (N-methyl/N-ethyl adjacent to an activating group) is 1. The number of aromatic nitrogens is 1. The first-order valence-corrected chi connectivity index (χ1v) is 15.0. The van der Waals surface area contributed by atoms with Gasteiger partial charge < -0.3 is 24.8 Å². The van der Waals surface area contributed by atoms with Crippen LogP contribution in [0.1, 0.15) is 46.7 Å². The van der Waals surface area contributed by atoms with Crippen LogP contribution in [-0.2, 0) is 6.18 Å². The molecule has 2 amide bonds. The van der Waals surface area contributed by atoms with E-state index in [4.69, 9.17) is 21.3 Å². The molecule has 0 radical (unpaired) electrons. The Kier molecular flexibility index (Phi) is 9.36. The second-order valence-electron chi connectivity index (χ2n) is 11.1. The Hall–Kier alpha value is -3.83. The molecule has 0 spiro atoms. The van der Waals surface area contributed by atoms with Crippen LogP contribution < -0.4 is 15.0 Å². The number of pyridine rings is 1. The first-order valence-electron chi connectivity index (χ1n) is 14.6. The number of rotatable bonds is 8. The van der Waals surface area contributed by atoms with Crippen LogP contribution >= 0.6 is 11.6 Å². The average Bonchev–Trinajstić information content (AvgIpc) is 2.99. The molecule has 0 bridgehead atoms. The fraction of sp³-hybridized carbons (Fsp3) is 0.406. The van der Waals surface area contributed by atoms with Gasteiger partial charge in [-0.25, -0.2) is 4.98 Å². The molecule has 1 atom stereocenters. The molecule has 3 heterocycles. The summed E-state index contributed by atoms with van der Waals surface area (Å²) in [5.74, 6) is -0.362. The Morgan fingerprint density at radius 3 is 2.48 bits per heavy atom. The monoisotopic (exact) mass is 629 g/mol. The van der Waals surface area contributed by atoms with Crippen LogP contribution in [0.5, 0.6) is 5.75 Å². The van der Waals surface area contributed by atoms with Crippen LogP contribution in [0.15, 0.2) is 54.6 Å². The molecule has 0 saturated carbocycles. The largest absolute Gasteiger partial charge is 0.493 e. The number of hydrogen-bond donors (Lipinski definition) is 1. The fourth-order valence-corrected chi connectivity index (χ4v) is 5.99. The molecule has 8 nitrogen and oxygen atoms in total. The van der Waals surface area contributed by atoms with Crippen LogP contribution in [0, 0.1) is 0 Å². The molecule has 2 aliphatic rings. The summed E-state index contributed by atoms with van der Waals surface area (Å²) in [5.41, 5.74) is 0.697. The number of ether oxygens (including phenoxy) is 1. The normalized spacial score (nSPS) is 17.8. The Balaban J connectivity index is 1.46. The van der Waals surface area contributed by atoms with Crippen molar-refractivity contribution >= 4 is 29.1 Å². The third-order valence-corrected chi connectivity index (χ3v) is 8.25. The Morgan fingerprint density at radius 1 is 1.05 bits per heavy atom. The number of anilines is 1. The van der Waals surface area contributed by atoms with Gasteiger partial charge in [-0.3, -0.25) is 9.59 Å². The van der Waals surface area contributed by atoms with E-state index in [1.54, 1.807) is 0 Å². The van der Waals surface area contributed by atoms with Gasteiger partial charge in [-0.05, 0) is 62.9 Å². The van der Waals surface area contributed by atoms with Crippen molar-refractivity contribution in [2.45, 2.75) is 38.5 Å². The highest BCUT2D eigenvalue weighted by atomic mass is 35.5. The smallest absolute Gasteiger partial charge is 0.417 e. The average molecular weight is 630 g/mol. The Morgan fingerprint density at radius 2 is 1.80 bits per heavy atom. The van der Waals surface area contributed by atoms with E-state index in [-0.39, 0.29) is 41.8 Å². The van der Waals surface area contributed by atoms with Crippen LogP contribution in [0.25, 0.3) is 11.3 Å². The maximum Gasteiger partial charge on any atom is 0.417 e. The van der Waals surface area contributed by atoms with E-state index >= 15 is 0 Å². The lowest BCUT2D eigenvalue weighted by Crippen LogP contribution is -2.58. The highest BCUT2D eigenvalue weighted by molar-refractivity contribution is 6.30. The van der Waals surface area contributed by atoms with Crippen LogP contribution in [0.3, 0.4) is 0 Å². The topological polar surface area (TPSA) is 78.0 Å². The van der Waals surface area contributed by atoms with Gasteiger partial charge in [-0.2, -0.15) is 13.2 Å². The first kappa shape index (κ1) is 31.6. The number of piperazine rings is 1. The van der Waals surface area contributed by atoms with Gasteiger partial charge >= 0.3 is 6.18 Å². The number of carbonyl (C=O) groups is 2. The van der Waals surface area contributed by atoms with Crippen molar-refractivity contribution in [2.24, 2.45) is 0 Å². The molecule has 2 saturated heterocycles. The number of benzene rings is 2. The zero-order valence-electron chi connectivity index (χ0n) is 24.8. The summed E-state index contributed by atoms with van der Waals surface area (Å²) in [5, 5.41) is 2.99. The molecule has 3 aromatic rings. The minimum absolute atomic E-state index is 0.000150. The minimum Gasteiger partial charge on any atom is -0.493 e. The lowest BCUT2D eigenvalue weighted by Gasteiger charge is -2.43. The number of carbonyl (C=O) groups excluding carboxylic acids is 2. The predicted molar refractivity (Wildman–Crippen MR) is 163 cm³/mol. The third-order valence-electron chi connectivity index (χ3n) is 8.02. The summed E-state index contributed by atoms with van der Waals surface area (Å²) in [4.78, 5) is 37.5. The van der Waals surface area contributed by atoms with Crippen molar-refractivity contribution in [1.29, 1.82) is 0 Å². The quantitative estimate of drug-likeness (QED) is 0.349. The molecule has 2 aromatic carbocycles. The first-order chi connectivity index (χ1) is 21.0. The number of halogens is 4. The second-order valence-corrected chi connectivity index (χ2v) is 11.5. The highest BCUT2D eigenvalue weighted by Gasteiger charge is 2.39. The van der Waals surface area contributed by atoms with Gasteiger partial charge in [0, 0.05) is 49.4 Å².